The number of rotatable bonds is 8. The molecule has 3 N–H and O–H groups in total. The average molecular weight is 290 g/mol. The zero-order valence-corrected chi connectivity index (χ0v) is 13.9. The molecule has 1 aromatic rings. The van der Waals surface area contributed by atoms with Crippen molar-refractivity contribution in [2.45, 2.75) is 53.0 Å². The van der Waals surface area contributed by atoms with Crippen LogP contribution in [0.3, 0.4) is 0 Å². The lowest BCUT2D eigenvalue weighted by Crippen LogP contribution is -2.32. The van der Waals surface area contributed by atoms with Crippen molar-refractivity contribution >= 4 is 5.91 Å². The van der Waals surface area contributed by atoms with E-state index in [0.717, 1.165) is 12.8 Å². The normalized spacial score (nSPS) is 13.2. The summed E-state index contributed by atoms with van der Waals surface area (Å²) < 4.78 is 0. The summed E-state index contributed by atoms with van der Waals surface area (Å²) in [5, 5.41) is 3.18. The summed E-state index contributed by atoms with van der Waals surface area (Å²) >= 11 is 0. The molecular formula is C18H30N2O. The Bertz CT molecular complexity index is 426. The van der Waals surface area contributed by atoms with Crippen LogP contribution in [0, 0.1) is 11.3 Å². The topological polar surface area (TPSA) is 55.1 Å². The molecule has 0 heterocycles. The minimum Gasteiger partial charge on any atom is -0.349 e. The second kappa shape index (κ2) is 8.18. The van der Waals surface area contributed by atoms with Gasteiger partial charge >= 0.3 is 0 Å². The SMILES string of the molecule is CC(C)C(NC(=O)CCC(C)(C)CCN)c1ccccc1. The molecule has 1 amide bonds. The van der Waals surface area contributed by atoms with Crippen molar-refractivity contribution in [3.05, 3.63) is 35.9 Å². The molecule has 118 valence electrons. The largest absolute Gasteiger partial charge is 0.349 e. The minimum absolute atomic E-state index is 0.0799. The fourth-order valence-corrected chi connectivity index (χ4v) is 2.51. The summed E-state index contributed by atoms with van der Waals surface area (Å²) in [5.41, 5.74) is 6.92. The van der Waals surface area contributed by atoms with Crippen molar-refractivity contribution in [2.75, 3.05) is 6.54 Å². The maximum Gasteiger partial charge on any atom is 0.220 e. The van der Waals surface area contributed by atoms with E-state index in [4.69, 9.17) is 5.73 Å². The standard InChI is InChI=1S/C18H30N2O/c1-14(2)17(15-8-6-5-7-9-15)20-16(21)10-11-18(3,4)12-13-19/h5-9,14,17H,10-13,19H2,1-4H3,(H,20,21). The summed E-state index contributed by atoms with van der Waals surface area (Å²) in [6, 6.07) is 10.3. The maximum absolute atomic E-state index is 12.2. The molecule has 0 radical (unpaired) electrons. The number of nitrogens with one attached hydrogen (secondary N) is 1. The first-order valence-corrected chi connectivity index (χ1v) is 7.90. The number of carbonyl (C=O) groups excluding carboxylic acids is 1. The second-order valence-electron chi connectivity index (χ2n) is 6.90. The molecule has 0 saturated carbocycles. The first-order valence-electron chi connectivity index (χ1n) is 7.90. The van der Waals surface area contributed by atoms with E-state index in [1.165, 1.54) is 5.56 Å². The molecule has 1 unspecified atom stereocenters. The molecule has 21 heavy (non-hydrogen) atoms. The van der Waals surface area contributed by atoms with Gasteiger partial charge < -0.3 is 11.1 Å². The highest BCUT2D eigenvalue weighted by molar-refractivity contribution is 5.76. The van der Waals surface area contributed by atoms with E-state index in [-0.39, 0.29) is 17.4 Å². The van der Waals surface area contributed by atoms with Gasteiger partial charge in [0.05, 0.1) is 6.04 Å². The van der Waals surface area contributed by atoms with Crippen molar-refractivity contribution in [2.24, 2.45) is 17.1 Å². The van der Waals surface area contributed by atoms with Crippen molar-refractivity contribution in [3.8, 4) is 0 Å². The van der Waals surface area contributed by atoms with E-state index < -0.39 is 0 Å². The molecule has 0 aliphatic heterocycles. The molecule has 0 aliphatic rings. The van der Waals surface area contributed by atoms with Crippen LogP contribution in [0.25, 0.3) is 0 Å². The van der Waals surface area contributed by atoms with Gasteiger partial charge in [-0.3, -0.25) is 4.79 Å². The van der Waals surface area contributed by atoms with E-state index in [2.05, 4.69) is 45.1 Å². The number of benzene rings is 1. The lowest BCUT2D eigenvalue weighted by atomic mass is 9.84. The predicted molar refractivity (Wildman–Crippen MR) is 88.9 cm³/mol. The summed E-state index contributed by atoms with van der Waals surface area (Å²) in [5.74, 6) is 0.496. The van der Waals surface area contributed by atoms with Gasteiger partial charge in [-0.25, -0.2) is 0 Å². The van der Waals surface area contributed by atoms with Gasteiger partial charge in [0, 0.05) is 6.42 Å². The van der Waals surface area contributed by atoms with Gasteiger partial charge in [0.15, 0.2) is 0 Å². The van der Waals surface area contributed by atoms with Crippen molar-refractivity contribution in [3.63, 3.8) is 0 Å². The maximum atomic E-state index is 12.2. The second-order valence-corrected chi connectivity index (χ2v) is 6.90. The fourth-order valence-electron chi connectivity index (χ4n) is 2.51. The summed E-state index contributed by atoms with van der Waals surface area (Å²) in [4.78, 5) is 12.2. The van der Waals surface area contributed by atoms with Crippen LogP contribution in [-0.4, -0.2) is 12.5 Å². The number of hydrogen-bond acceptors (Lipinski definition) is 2. The first kappa shape index (κ1) is 17.7. The number of hydrogen-bond donors (Lipinski definition) is 2. The van der Waals surface area contributed by atoms with Crippen LogP contribution >= 0.6 is 0 Å². The highest BCUT2D eigenvalue weighted by Gasteiger charge is 2.21. The van der Waals surface area contributed by atoms with Crippen LogP contribution < -0.4 is 11.1 Å². The molecule has 0 spiro atoms. The van der Waals surface area contributed by atoms with Gasteiger partial charge in [0.25, 0.3) is 0 Å². The molecule has 0 bridgehead atoms. The molecule has 1 rings (SSSR count). The van der Waals surface area contributed by atoms with E-state index in [0.29, 0.717) is 18.9 Å². The van der Waals surface area contributed by atoms with Gasteiger partial charge in [-0.05, 0) is 36.3 Å². The molecule has 1 atom stereocenters. The third-order valence-electron chi connectivity index (χ3n) is 3.99. The third-order valence-corrected chi connectivity index (χ3v) is 3.99. The Balaban J connectivity index is 2.58. The van der Waals surface area contributed by atoms with Crippen LogP contribution in [0.1, 0.15) is 58.6 Å². The van der Waals surface area contributed by atoms with Crippen molar-refractivity contribution in [1.82, 2.24) is 5.32 Å². The van der Waals surface area contributed by atoms with Gasteiger partial charge in [-0.2, -0.15) is 0 Å². The van der Waals surface area contributed by atoms with Crippen molar-refractivity contribution < 1.29 is 4.79 Å². The minimum atomic E-state index is 0.0799. The third kappa shape index (κ3) is 6.30. The Hall–Kier alpha value is -1.35. The van der Waals surface area contributed by atoms with E-state index in [9.17, 15) is 4.79 Å². The molecular weight excluding hydrogens is 260 g/mol. The van der Waals surface area contributed by atoms with Crippen LogP contribution in [-0.2, 0) is 4.79 Å². The Morgan fingerprint density at radius 1 is 1.19 bits per heavy atom. The van der Waals surface area contributed by atoms with Gasteiger partial charge in [0.1, 0.15) is 0 Å². The Morgan fingerprint density at radius 3 is 2.33 bits per heavy atom. The van der Waals surface area contributed by atoms with Crippen molar-refractivity contribution in [1.29, 1.82) is 0 Å². The molecule has 0 fully saturated rings. The molecule has 3 heteroatoms. The first-order chi connectivity index (χ1) is 9.85. The quantitative estimate of drug-likeness (QED) is 0.767. The molecule has 3 nitrogen and oxygen atoms in total. The Kier molecular flexibility index (Phi) is 6.90. The van der Waals surface area contributed by atoms with Crippen LogP contribution in [0.4, 0.5) is 0 Å². The van der Waals surface area contributed by atoms with Gasteiger partial charge in [-0.1, -0.05) is 58.0 Å². The highest BCUT2D eigenvalue weighted by Crippen LogP contribution is 2.27. The molecule has 0 aliphatic carbocycles. The zero-order chi connectivity index (χ0) is 15.9. The van der Waals surface area contributed by atoms with Gasteiger partial charge in [-0.15, -0.1) is 0 Å². The monoisotopic (exact) mass is 290 g/mol. The highest BCUT2D eigenvalue weighted by atomic mass is 16.1. The smallest absolute Gasteiger partial charge is 0.220 e. The summed E-state index contributed by atoms with van der Waals surface area (Å²) in [6.45, 7) is 9.29. The van der Waals surface area contributed by atoms with E-state index >= 15 is 0 Å². The summed E-state index contributed by atoms with van der Waals surface area (Å²) in [7, 11) is 0. The molecule has 0 aromatic heterocycles. The Morgan fingerprint density at radius 2 is 1.81 bits per heavy atom. The van der Waals surface area contributed by atoms with E-state index in [1.807, 2.05) is 18.2 Å². The summed E-state index contributed by atoms with van der Waals surface area (Å²) in [6.07, 6.45) is 2.38. The molecule has 0 saturated heterocycles. The molecule has 1 aromatic carbocycles. The number of amides is 1. The van der Waals surface area contributed by atoms with Crippen LogP contribution in [0.15, 0.2) is 30.3 Å². The predicted octanol–water partition coefficient (Wildman–Crippen LogP) is 3.66. The lowest BCUT2D eigenvalue weighted by Gasteiger charge is -2.26. The number of nitrogens with two attached hydrogens (primary N) is 1. The van der Waals surface area contributed by atoms with Crippen LogP contribution in [0.2, 0.25) is 0 Å². The zero-order valence-electron chi connectivity index (χ0n) is 13.9. The Labute approximate surface area is 129 Å². The fraction of sp³-hybridized carbons (Fsp3) is 0.611. The van der Waals surface area contributed by atoms with E-state index in [1.54, 1.807) is 0 Å². The lowest BCUT2D eigenvalue weighted by molar-refractivity contribution is -0.122. The van der Waals surface area contributed by atoms with Crippen LogP contribution in [0.5, 0.6) is 0 Å². The average Bonchev–Trinajstić information content (AvgIpc) is 2.43. The van der Waals surface area contributed by atoms with Gasteiger partial charge in [0.2, 0.25) is 5.91 Å². The number of carbonyl (C=O) groups is 1.